The molecule has 4 heteroatoms. The third-order valence-corrected chi connectivity index (χ3v) is 3.49. The second kappa shape index (κ2) is 3.29. The number of rotatable bonds is 1. The summed E-state index contributed by atoms with van der Waals surface area (Å²) >= 11 is 13.3. The minimum atomic E-state index is 0.473. The lowest BCUT2D eigenvalue weighted by atomic mass is 10.2. The molecule has 1 aromatic heterocycles. The molecule has 0 unspecified atom stereocenters. The van der Waals surface area contributed by atoms with Crippen LogP contribution in [-0.4, -0.2) is 6.29 Å². The number of hydrogen-bond acceptors (Lipinski definition) is 2. The molecule has 1 nitrogen and oxygen atoms in total. The van der Waals surface area contributed by atoms with Gasteiger partial charge in [0.15, 0.2) is 6.29 Å². The first-order valence-electron chi connectivity index (χ1n) is 3.54. The number of aldehydes is 1. The van der Waals surface area contributed by atoms with Crippen LogP contribution >= 0.6 is 34.5 Å². The average Bonchev–Trinajstić information content (AvgIpc) is 2.46. The molecule has 2 rings (SSSR count). The zero-order valence-electron chi connectivity index (χ0n) is 6.38. The second-order valence-electron chi connectivity index (χ2n) is 2.57. The Kier molecular flexibility index (Phi) is 2.28. The van der Waals surface area contributed by atoms with Crippen LogP contribution in [0.1, 0.15) is 10.4 Å². The molecule has 0 spiro atoms. The van der Waals surface area contributed by atoms with E-state index in [1.807, 2.05) is 5.38 Å². The van der Waals surface area contributed by atoms with Crippen LogP contribution in [0.2, 0.25) is 10.0 Å². The fourth-order valence-corrected chi connectivity index (χ4v) is 2.58. The van der Waals surface area contributed by atoms with E-state index in [4.69, 9.17) is 23.2 Å². The zero-order chi connectivity index (χ0) is 9.42. The summed E-state index contributed by atoms with van der Waals surface area (Å²) in [4.78, 5) is 10.6. The number of benzene rings is 1. The summed E-state index contributed by atoms with van der Waals surface area (Å²) in [6, 6.07) is 3.47. The van der Waals surface area contributed by atoms with Crippen LogP contribution in [0.4, 0.5) is 0 Å². The highest BCUT2D eigenvalue weighted by molar-refractivity contribution is 7.17. The molecule has 0 aliphatic heterocycles. The van der Waals surface area contributed by atoms with Crippen LogP contribution in [0.5, 0.6) is 0 Å². The van der Waals surface area contributed by atoms with Gasteiger partial charge in [0.2, 0.25) is 0 Å². The molecule has 13 heavy (non-hydrogen) atoms. The third kappa shape index (κ3) is 1.46. The van der Waals surface area contributed by atoms with Crippen molar-refractivity contribution >= 4 is 50.9 Å². The maximum absolute atomic E-state index is 10.6. The van der Waals surface area contributed by atoms with E-state index in [0.717, 1.165) is 16.4 Å². The van der Waals surface area contributed by atoms with Crippen molar-refractivity contribution in [1.29, 1.82) is 0 Å². The highest BCUT2D eigenvalue weighted by atomic mass is 35.5. The predicted octanol–water partition coefficient (Wildman–Crippen LogP) is 4.02. The van der Waals surface area contributed by atoms with Gasteiger partial charge in [0.25, 0.3) is 0 Å². The van der Waals surface area contributed by atoms with Crippen LogP contribution in [0.15, 0.2) is 17.5 Å². The predicted molar refractivity (Wildman–Crippen MR) is 57.2 cm³/mol. The van der Waals surface area contributed by atoms with Crippen LogP contribution in [0, 0.1) is 0 Å². The standard InChI is InChI=1S/C9H4Cl2OS/c10-7-2-9-6(1-5(7)3-12)8(11)4-13-9/h1-4H. The Hall–Kier alpha value is -0.570. The number of carbonyl (C=O) groups excluding carboxylic acids is 1. The van der Waals surface area contributed by atoms with Crippen LogP contribution in [0.25, 0.3) is 10.1 Å². The van der Waals surface area contributed by atoms with Gasteiger partial charge in [0.1, 0.15) is 0 Å². The van der Waals surface area contributed by atoms with E-state index in [9.17, 15) is 4.79 Å². The summed E-state index contributed by atoms with van der Waals surface area (Å²) in [7, 11) is 0. The van der Waals surface area contributed by atoms with Crippen molar-refractivity contribution in [2.24, 2.45) is 0 Å². The van der Waals surface area contributed by atoms with Gasteiger partial charge in [0, 0.05) is 21.0 Å². The monoisotopic (exact) mass is 230 g/mol. The van der Waals surface area contributed by atoms with Crippen LogP contribution < -0.4 is 0 Å². The summed E-state index contributed by atoms with van der Waals surface area (Å²) in [5.41, 5.74) is 0.481. The van der Waals surface area contributed by atoms with Gasteiger partial charge in [-0.15, -0.1) is 11.3 Å². The minimum Gasteiger partial charge on any atom is -0.298 e. The largest absolute Gasteiger partial charge is 0.298 e. The van der Waals surface area contributed by atoms with E-state index in [-0.39, 0.29) is 0 Å². The van der Waals surface area contributed by atoms with E-state index in [2.05, 4.69) is 0 Å². The van der Waals surface area contributed by atoms with Crippen LogP contribution in [0.3, 0.4) is 0 Å². The van der Waals surface area contributed by atoms with Gasteiger partial charge in [-0.3, -0.25) is 4.79 Å². The van der Waals surface area contributed by atoms with Gasteiger partial charge in [-0.25, -0.2) is 0 Å². The quantitative estimate of drug-likeness (QED) is 0.677. The van der Waals surface area contributed by atoms with Crippen molar-refractivity contribution in [3.05, 3.63) is 33.1 Å². The Morgan fingerprint density at radius 2 is 2.00 bits per heavy atom. The molecule has 0 fully saturated rings. The number of carbonyl (C=O) groups is 1. The Bertz CT molecular complexity index is 476. The maximum Gasteiger partial charge on any atom is 0.151 e. The first-order valence-corrected chi connectivity index (χ1v) is 5.17. The van der Waals surface area contributed by atoms with Crippen molar-refractivity contribution in [2.75, 3.05) is 0 Å². The summed E-state index contributed by atoms with van der Waals surface area (Å²) in [6.45, 7) is 0. The molecule has 0 aliphatic rings. The second-order valence-corrected chi connectivity index (χ2v) is 4.30. The third-order valence-electron chi connectivity index (χ3n) is 1.77. The minimum absolute atomic E-state index is 0.473. The van der Waals surface area contributed by atoms with Gasteiger partial charge in [0.05, 0.1) is 10.0 Å². The van der Waals surface area contributed by atoms with Crippen molar-refractivity contribution in [2.45, 2.75) is 0 Å². The molecule has 0 saturated carbocycles. The first-order chi connectivity index (χ1) is 6.22. The summed E-state index contributed by atoms with van der Waals surface area (Å²) in [5, 5.41) is 3.86. The molecular weight excluding hydrogens is 227 g/mol. The van der Waals surface area contributed by atoms with E-state index >= 15 is 0 Å². The summed E-state index contributed by atoms with van der Waals surface area (Å²) in [6.07, 6.45) is 0.732. The lowest BCUT2D eigenvalue weighted by Gasteiger charge is -1.96. The highest BCUT2D eigenvalue weighted by Gasteiger charge is 2.06. The van der Waals surface area contributed by atoms with Gasteiger partial charge < -0.3 is 0 Å². The molecule has 2 aromatic rings. The van der Waals surface area contributed by atoms with E-state index in [1.165, 1.54) is 11.3 Å². The maximum atomic E-state index is 10.6. The van der Waals surface area contributed by atoms with Gasteiger partial charge in [-0.05, 0) is 12.1 Å². The molecule has 1 aromatic carbocycles. The van der Waals surface area contributed by atoms with E-state index in [1.54, 1.807) is 12.1 Å². The fraction of sp³-hybridized carbons (Fsp3) is 0. The Balaban J connectivity index is 2.84. The van der Waals surface area contributed by atoms with Gasteiger partial charge >= 0.3 is 0 Å². The lowest BCUT2D eigenvalue weighted by molar-refractivity contribution is 0.112. The Morgan fingerprint density at radius 3 is 2.69 bits per heavy atom. The fourth-order valence-electron chi connectivity index (χ4n) is 1.12. The number of halogens is 2. The normalized spacial score (nSPS) is 10.6. The highest BCUT2D eigenvalue weighted by Crippen LogP contribution is 2.33. The zero-order valence-corrected chi connectivity index (χ0v) is 8.71. The SMILES string of the molecule is O=Cc1cc2c(Cl)csc2cc1Cl. The van der Waals surface area contributed by atoms with Crippen molar-refractivity contribution in [1.82, 2.24) is 0 Å². The molecule has 0 aliphatic carbocycles. The van der Waals surface area contributed by atoms with Crippen molar-refractivity contribution < 1.29 is 4.79 Å². The topological polar surface area (TPSA) is 17.1 Å². The average molecular weight is 231 g/mol. The molecule has 1 heterocycles. The Labute approximate surface area is 88.9 Å². The smallest absolute Gasteiger partial charge is 0.151 e. The molecule has 0 N–H and O–H groups in total. The number of fused-ring (bicyclic) bond motifs is 1. The molecular formula is C9H4Cl2OS. The Morgan fingerprint density at radius 1 is 1.23 bits per heavy atom. The van der Waals surface area contributed by atoms with E-state index in [0.29, 0.717) is 15.6 Å². The summed E-state index contributed by atoms with van der Waals surface area (Å²) in [5.74, 6) is 0. The summed E-state index contributed by atoms with van der Waals surface area (Å²) < 4.78 is 1.00. The van der Waals surface area contributed by atoms with Crippen molar-refractivity contribution in [3.8, 4) is 0 Å². The van der Waals surface area contributed by atoms with Gasteiger partial charge in [-0.1, -0.05) is 23.2 Å². The molecule has 66 valence electrons. The lowest BCUT2D eigenvalue weighted by Crippen LogP contribution is -1.80. The molecule has 0 amide bonds. The number of hydrogen-bond donors (Lipinski definition) is 0. The molecule has 0 saturated heterocycles. The molecule has 0 radical (unpaired) electrons. The van der Waals surface area contributed by atoms with Gasteiger partial charge in [-0.2, -0.15) is 0 Å². The first kappa shape index (κ1) is 9.00. The van der Waals surface area contributed by atoms with E-state index < -0.39 is 0 Å². The van der Waals surface area contributed by atoms with Crippen LogP contribution in [-0.2, 0) is 0 Å². The molecule has 0 atom stereocenters. The number of thiophene rings is 1. The molecule has 0 bridgehead atoms. The van der Waals surface area contributed by atoms with Crippen molar-refractivity contribution in [3.63, 3.8) is 0 Å².